The maximum absolute atomic E-state index is 12.3. The monoisotopic (exact) mass is 258 g/mol. The van der Waals surface area contributed by atoms with Crippen molar-refractivity contribution in [2.75, 3.05) is 13.2 Å². The lowest BCUT2D eigenvalue weighted by molar-refractivity contribution is 0.150. The third kappa shape index (κ3) is 3.65. The number of hydrogen-bond donors (Lipinski definition) is 1. The molecule has 0 amide bonds. The standard InChI is InChI=1S/C12H19O4P/c1-4-15-17(14,16-5-2)12(13)11-8-6-7-10(3)9-11/h6-9,12-13H,4-5H2,1-3H3. The van der Waals surface area contributed by atoms with Gasteiger partial charge in [0.05, 0.1) is 13.2 Å². The number of benzene rings is 1. The lowest BCUT2D eigenvalue weighted by atomic mass is 10.1. The summed E-state index contributed by atoms with van der Waals surface area (Å²) in [5.74, 6) is -1.23. The third-order valence-electron chi connectivity index (χ3n) is 2.26. The summed E-state index contributed by atoms with van der Waals surface area (Å²) in [7, 11) is -3.50. The number of rotatable bonds is 6. The Balaban J connectivity index is 2.99. The highest BCUT2D eigenvalue weighted by molar-refractivity contribution is 7.54. The van der Waals surface area contributed by atoms with Gasteiger partial charge in [0.25, 0.3) is 0 Å². The molecule has 1 N–H and O–H groups in total. The van der Waals surface area contributed by atoms with Gasteiger partial charge >= 0.3 is 7.60 Å². The van der Waals surface area contributed by atoms with E-state index < -0.39 is 13.4 Å². The van der Waals surface area contributed by atoms with E-state index in [2.05, 4.69) is 0 Å². The zero-order chi connectivity index (χ0) is 12.9. The lowest BCUT2D eigenvalue weighted by Crippen LogP contribution is -2.06. The van der Waals surface area contributed by atoms with Crippen LogP contribution in [0.4, 0.5) is 0 Å². The van der Waals surface area contributed by atoms with Crippen molar-refractivity contribution >= 4 is 7.60 Å². The molecule has 0 radical (unpaired) electrons. The summed E-state index contributed by atoms with van der Waals surface area (Å²) in [5.41, 5.74) is 1.54. The Morgan fingerprint density at radius 2 is 1.88 bits per heavy atom. The minimum Gasteiger partial charge on any atom is -0.376 e. The molecule has 0 saturated heterocycles. The van der Waals surface area contributed by atoms with Crippen LogP contribution in [-0.2, 0) is 13.6 Å². The van der Waals surface area contributed by atoms with E-state index in [1.807, 2.05) is 13.0 Å². The second-order valence-corrected chi connectivity index (χ2v) is 5.75. The SMILES string of the molecule is CCOP(=O)(OCC)C(O)c1cccc(C)c1. The van der Waals surface area contributed by atoms with Crippen LogP contribution in [0, 0.1) is 6.92 Å². The highest BCUT2D eigenvalue weighted by Gasteiger charge is 2.35. The van der Waals surface area contributed by atoms with Crippen molar-refractivity contribution in [1.82, 2.24) is 0 Å². The number of aliphatic hydroxyl groups excluding tert-OH is 1. The summed E-state index contributed by atoms with van der Waals surface area (Å²) in [6.45, 7) is 5.81. The number of aliphatic hydroxyl groups is 1. The topological polar surface area (TPSA) is 55.8 Å². The molecule has 0 aliphatic heterocycles. The first-order valence-electron chi connectivity index (χ1n) is 5.67. The smallest absolute Gasteiger partial charge is 0.363 e. The first-order valence-corrected chi connectivity index (χ1v) is 7.28. The molecule has 96 valence electrons. The van der Waals surface area contributed by atoms with E-state index in [1.54, 1.807) is 32.0 Å². The fourth-order valence-corrected chi connectivity index (χ4v) is 3.15. The minimum absolute atomic E-state index is 0.236. The van der Waals surface area contributed by atoms with Crippen molar-refractivity contribution in [1.29, 1.82) is 0 Å². The van der Waals surface area contributed by atoms with Crippen molar-refractivity contribution < 1.29 is 18.7 Å². The van der Waals surface area contributed by atoms with Crippen LogP contribution < -0.4 is 0 Å². The van der Waals surface area contributed by atoms with Crippen molar-refractivity contribution in [3.63, 3.8) is 0 Å². The molecule has 5 heteroatoms. The van der Waals surface area contributed by atoms with E-state index >= 15 is 0 Å². The molecule has 0 aromatic heterocycles. The summed E-state index contributed by atoms with van der Waals surface area (Å²) >= 11 is 0. The van der Waals surface area contributed by atoms with Gasteiger partial charge in [-0.3, -0.25) is 4.57 Å². The van der Waals surface area contributed by atoms with Crippen molar-refractivity contribution in [2.24, 2.45) is 0 Å². The van der Waals surface area contributed by atoms with E-state index in [0.29, 0.717) is 5.56 Å². The minimum atomic E-state index is -3.50. The van der Waals surface area contributed by atoms with E-state index in [9.17, 15) is 9.67 Å². The van der Waals surface area contributed by atoms with Crippen molar-refractivity contribution in [2.45, 2.75) is 26.6 Å². The van der Waals surface area contributed by atoms with Crippen LogP contribution in [0.3, 0.4) is 0 Å². The highest BCUT2D eigenvalue weighted by Crippen LogP contribution is 2.59. The summed E-state index contributed by atoms with van der Waals surface area (Å²) in [6, 6.07) is 7.19. The second-order valence-electron chi connectivity index (χ2n) is 3.66. The molecule has 17 heavy (non-hydrogen) atoms. The summed E-state index contributed by atoms with van der Waals surface area (Å²) < 4.78 is 22.5. The number of aryl methyl sites for hydroxylation is 1. The molecular formula is C12H19O4P. The van der Waals surface area contributed by atoms with Crippen LogP contribution in [0.25, 0.3) is 0 Å². The predicted octanol–water partition coefficient (Wildman–Crippen LogP) is 3.25. The van der Waals surface area contributed by atoms with Crippen LogP contribution >= 0.6 is 7.60 Å². The van der Waals surface area contributed by atoms with Crippen LogP contribution in [0.15, 0.2) is 24.3 Å². The Labute approximate surface area is 102 Å². The van der Waals surface area contributed by atoms with Crippen LogP contribution in [0.5, 0.6) is 0 Å². The second kappa shape index (κ2) is 6.31. The summed E-state index contributed by atoms with van der Waals surface area (Å²) in [5, 5.41) is 10.1. The molecule has 1 unspecified atom stereocenters. The quantitative estimate of drug-likeness (QED) is 0.796. The van der Waals surface area contributed by atoms with Gasteiger partial charge in [-0.05, 0) is 26.3 Å². The maximum atomic E-state index is 12.3. The van der Waals surface area contributed by atoms with E-state index in [1.165, 1.54) is 0 Å². The fraction of sp³-hybridized carbons (Fsp3) is 0.500. The fourth-order valence-electron chi connectivity index (χ4n) is 1.55. The average molecular weight is 258 g/mol. The normalized spacial score (nSPS) is 13.6. The molecule has 4 nitrogen and oxygen atoms in total. The van der Waals surface area contributed by atoms with Gasteiger partial charge < -0.3 is 14.2 Å². The first kappa shape index (κ1) is 14.4. The first-order chi connectivity index (χ1) is 8.03. The van der Waals surface area contributed by atoms with Gasteiger partial charge in [0.2, 0.25) is 0 Å². The van der Waals surface area contributed by atoms with Crippen LogP contribution in [0.1, 0.15) is 30.8 Å². The van der Waals surface area contributed by atoms with Gasteiger partial charge in [-0.2, -0.15) is 0 Å². The summed E-state index contributed by atoms with van der Waals surface area (Å²) in [4.78, 5) is 0. The Hall–Kier alpha value is -0.670. The Kier molecular flexibility index (Phi) is 5.34. The molecule has 1 aromatic carbocycles. The molecule has 1 atom stereocenters. The van der Waals surface area contributed by atoms with Crippen molar-refractivity contribution in [3.05, 3.63) is 35.4 Å². The molecule has 0 aliphatic rings. The third-order valence-corrected chi connectivity index (χ3v) is 4.39. The van der Waals surface area contributed by atoms with E-state index in [0.717, 1.165) is 5.56 Å². The molecule has 0 fully saturated rings. The molecule has 0 saturated carbocycles. The summed E-state index contributed by atoms with van der Waals surface area (Å²) in [6.07, 6.45) is 0. The molecule has 1 aromatic rings. The maximum Gasteiger partial charge on any atom is 0.363 e. The van der Waals surface area contributed by atoms with Gasteiger partial charge in [0.1, 0.15) is 0 Å². The van der Waals surface area contributed by atoms with Crippen LogP contribution in [0.2, 0.25) is 0 Å². The molecule has 0 bridgehead atoms. The van der Waals surface area contributed by atoms with Gasteiger partial charge in [-0.25, -0.2) is 0 Å². The van der Waals surface area contributed by atoms with E-state index in [-0.39, 0.29) is 13.2 Å². The Morgan fingerprint density at radius 3 is 2.35 bits per heavy atom. The zero-order valence-corrected chi connectivity index (χ0v) is 11.3. The number of hydrogen-bond acceptors (Lipinski definition) is 4. The predicted molar refractivity (Wildman–Crippen MR) is 67.0 cm³/mol. The molecule has 0 heterocycles. The molecule has 0 spiro atoms. The largest absolute Gasteiger partial charge is 0.376 e. The Morgan fingerprint density at radius 1 is 1.29 bits per heavy atom. The van der Waals surface area contributed by atoms with Crippen molar-refractivity contribution in [3.8, 4) is 0 Å². The average Bonchev–Trinajstić information content (AvgIpc) is 2.28. The Bertz CT molecular complexity index is 395. The molecule has 1 rings (SSSR count). The molecule has 0 aliphatic carbocycles. The highest BCUT2D eigenvalue weighted by atomic mass is 31.2. The zero-order valence-electron chi connectivity index (χ0n) is 10.4. The van der Waals surface area contributed by atoms with Gasteiger partial charge in [0.15, 0.2) is 5.85 Å². The van der Waals surface area contributed by atoms with Gasteiger partial charge in [-0.1, -0.05) is 29.8 Å². The van der Waals surface area contributed by atoms with Gasteiger partial charge in [-0.15, -0.1) is 0 Å². The van der Waals surface area contributed by atoms with Gasteiger partial charge in [0, 0.05) is 0 Å². The lowest BCUT2D eigenvalue weighted by Gasteiger charge is -2.22. The van der Waals surface area contributed by atoms with E-state index in [4.69, 9.17) is 9.05 Å². The van der Waals surface area contributed by atoms with Crippen LogP contribution in [-0.4, -0.2) is 18.3 Å². The molecular weight excluding hydrogens is 239 g/mol.